The van der Waals surface area contributed by atoms with Crippen molar-refractivity contribution in [2.75, 3.05) is 7.11 Å². The van der Waals surface area contributed by atoms with Crippen LogP contribution in [0.15, 0.2) is 23.2 Å². The van der Waals surface area contributed by atoms with E-state index in [1.807, 2.05) is 6.92 Å². The summed E-state index contributed by atoms with van der Waals surface area (Å²) in [6.07, 6.45) is 1.55. The largest absolute Gasteiger partial charge is 0.497 e. The minimum absolute atomic E-state index is 0.223. The van der Waals surface area contributed by atoms with Crippen molar-refractivity contribution < 1.29 is 9.13 Å². The molecule has 0 amide bonds. The summed E-state index contributed by atoms with van der Waals surface area (Å²) in [5.41, 5.74) is 5.84. The van der Waals surface area contributed by atoms with Crippen LogP contribution in [0.2, 0.25) is 0 Å². The third kappa shape index (κ3) is 3.23. The molecule has 2 N–H and O–H groups in total. The van der Waals surface area contributed by atoms with E-state index in [1.165, 1.54) is 19.2 Å². The Morgan fingerprint density at radius 1 is 1.53 bits per heavy atom. The van der Waals surface area contributed by atoms with Gasteiger partial charge in [-0.1, -0.05) is 6.92 Å². The molecule has 0 aliphatic heterocycles. The molecule has 0 saturated carbocycles. The van der Waals surface area contributed by atoms with Gasteiger partial charge in [0.2, 0.25) is 0 Å². The van der Waals surface area contributed by atoms with Gasteiger partial charge in [0.15, 0.2) is 0 Å². The standard InChI is InChI=1S/C11H15FN2O/c1-3-4-11(13)14-10-7-8(15-2)5-6-9(10)12/h5-7H,3-4H2,1-2H3,(H2,13,14). The number of ether oxygens (including phenoxy) is 1. The molecule has 15 heavy (non-hydrogen) atoms. The predicted molar refractivity (Wildman–Crippen MR) is 59.1 cm³/mol. The molecule has 1 aromatic carbocycles. The fourth-order valence-electron chi connectivity index (χ4n) is 1.17. The van der Waals surface area contributed by atoms with Crippen molar-refractivity contribution in [3.8, 4) is 5.75 Å². The van der Waals surface area contributed by atoms with Crippen LogP contribution in [0.3, 0.4) is 0 Å². The van der Waals surface area contributed by atoms with Crippen LogP contribution >= 0.6 is 0 Å². The van der Waals surface area contributed by atoms with Gasteiger partial charge < -0.3 is 10.5 Å². The van der Waals surface area contributed by atoms with Gasteiger partial charge in [0.1, 0.15) is 17.3 Å². The fraction of sp³-hybridized carbons (Fsp3) is 0.364. The van der Waals surface area contributed by atoms with Crippen molar-refractivity contribution >= 4 is 11.5 Å². The molecule has 0 aromatic heterocycles. The lowest BCUT2D eigenvalue weighted by atomic mass is 10.2. The zero-order valence-corrected chi connectivity index (χ0v) is 8.96. The number of halogens is 1. The van der Waals surface area contributed by atoms with Gasteiger partial charge in [-0.2, -0.15) is 0 Å². The van der Waals surface area contributed by atoms with Gasteiger partial charge in [0, 0.05) is 12.5 Å². The molecule has 0 fully saturated rings. The number of methoxy groups -OCH3 is 1. The second-order valence-corrected chi connectivity index (χ2v) is 3.17. The van der Waals surface area contributed by atoms with Crippen LogP contribution in [0.5, 0.6) is 5.75 Å². The van der Waals surface area contributed by atoms with Gasteiger partial charge in [-0.05, 0) is 18.6 Å². The monoisotopic (exact) mass is 210 g/mol. The first-order valence-corrected chi connectivity index (χ1v) is 4.84. The average molecular weight is 210 g/mol. The first-order chi connectivity index (χ1) is 7.17. The minimum Gasteiger partial charge on any atom is -0.497 e. The summed E-state index contributed by atoms with van der Waals surface area (Å²) in [6, 6.07) is 4.39. The first-order valence-electron chi connectivity index (χ1n) is 4.84. The molecule has 1 aromatic rings. The summed E-state index contributed by atoms with van der Waals surface area (Å²) in [7, 11) is 1.52. The van der Waals surface area contributed by atoms with E-state index < -0.39 is 5.82 Å². The Kier molecular flexibility index (Phi) is 4.09. The molecular formula is C11H15FN2O. The molecule has 0 unspecified atom stereocenters. The SMILES string of the molecule is CCCC(N)=Nc1cc(OC)ccc1F. The highest BCUT2D eigenvalue weighted by atomic mass is 19.1. The Balaban J connectivity index is 2.97. The number of amidine groups is 1. The number of nitrogens with two attached hydrogens (primary N) is 1. The molecule has 0 radical (unpaired) electrons. The Morgan fingerprint density at radius 3 is 2.87 bits per heavy atom. The number of hydrogen-bond donors (Lipinski definition) is 1. The average Bonchev–Trinajstić information content (AvgIpc) is 2.21. The maximum atomic E-state index is 13.3. The molecule has 0 saturated heterocycles. The van der Waals surface area contributed by atoms with Crippen molar-refractivity contribution in [2.24, 2.45) is 10.7 Å². The Labute approximate surface area is 88.8 Å². The first kappa shape index (κ1) is 11.5. The summed E-state index contributed by atoms with van der Waals surface area (Å²) >= 11 is 0. The molecule has 3 nitrogen and oxygen atoms in total. The molecular weight excluding hydrogens is 195 g/mol. The molecule has 0 aliphatic carbocycles. The Hall–Kier alpha value is -1.58. The number of nitrogens with zero attached hydrogens (tertiary/aromatic N) is 1. The zero-order chi connectivity index (χ0) is 11.3. The fourth-order valence-corrected chi connectivity index (χ4v) is 1.17. The minimum atomic E-state index is -0.394. The van der Waals surface area contributed by atoms with Crippen molar-refractivity contribution in [3.05, 3.63) is 24.0 Å². The lowest BCUT2D eigenvalue weighted by Gasteiger charge is -2.03. The van der Waals surface area contributed by atoms with E-state index >= 15 is 0 Å². The molecule has 1 rings (SSSR count). The van der Waals surface area contributed by atoms with Crippen molar-refractivity contribution in [3.63, 3.8) is 0 Å². The zero-order valence-electron chi connectivity index (χ0n) is 8.96. The van der Waals surface area contributed by atoms with E-state index in [-0.39, 0.29) is 5.69 Å². The number of hydrogen-bond acceptors (Lipinski definition) is 2. The van der Waals surface area contributed by atoms with Gasteiger partial charge in [0.25, 0.3) is 0 Å². The summed E-state index contributed by atoms with van der Waals surface area (Å²) < 4.78 is 18.3. The highest BCUT2D eigenvalue weighted by molar-refractivity contribution is 5.83. The van der Waals surface area contributed by atoms with Crippen LogP contribution in [-0.4, -0.2) is 12.9 Å². The van der Waals surface area contributed by atoms with Crippen LogP contribution in [0.25, 0.3) is 0 Å². The molecule has 82 valence electrons. The van der Waals surface area contributed by atoms with Gasteiger partial charge in [-0.25, -0.2) is 9.38 Å². The van der Waals surface area contributed by atoms with E-state index in [0.717, 1.165) is 6.42 Å². The second-order valence-electron chi connectivity index (χ2n) is 3.17. The topological polar surface area (TPSA) is 47.6 Å². The third-order valence-electron chi connectivity index (χ3n) is 1.92. The number of rotatable bonds is 4. The molecule has 0 heterocycles. The molecule has 0 aliphatic rings. The van der Waals surface area contributed by atoms with Gasteiger partial charge in [-0.15, -0.1) is 0 Å². The van der Waals surface area contributed by atoms with E-state index in [2.05, 4.69) is 4.99 Å². The summed E-state index contributed by atoms with van der Waals surface area (Å²) in [5, 5.41) is 0. The molecule has 4 heteroatoms. The maximum Gasteiger partial charge on any atom is 0.149 e. The quantitative estimate of drug-likeness (QED) is 0.613. The van der Waals surface area contributed by atoms with Crippen LogP contribution in [0.1, 0.15) is 19.8 Å². The Morgan fingerprint density at radius 2 is 2.27 bits per heavy atom. The number of benzene rings is 1. The van der Waals surface area contributed by atoms with Crippen LogP contribution in [-0.2, 0) is 0 Å². The summed E-state index contributed by atoms with van der Waals surface area (Å²) in [5.74, 6) is 0.610. The van der Waals surface area contributed by atoms with Gasteiger partial charge in [-0.3, -0.25) is 0 Å². The van der Waals surface area contributed by atoms with E-state index in [9.17, 15) is 4.39 Å². The van der Waals surface area contributed by atoms with Gasteiger partial charge >= 0.3 is 0 Å². The lowest BCUT2D eigenvalue weighted by molar-refractivity contribution is 0.414. The highest BCUT2D eigenvalue weighted by Gasteiger charge is 2.03. The lowest BCUT2D eigenvalue weighted by Crippen LogP contribution is -2.10. The Bertz CT molecular complexity index is 364. The van der Waals surface area contributed by atoms with Crippen molar-refractivity contribution in [2.45, 2.75) is 19.8 Å². The maximum absolute atomic E-state index is 13.3. The summed E-state index contributed by atoms with van der Waals surface area (Å²) in [4.78, 5) is 4.00. The smallest absolute Gasteiger partial charge is 0.149 e. The van der Waals surface area contributed by atoms with Crippen LogP contribution < -0.4 is 10.5 Å². The molecule has 0 spiro atoms. The third-order valence-corrected chi connectivity index (χ3v) is 1.92. The number of aliphatic imine (C=N–C) groups is 1. The van der Waals surface area contributed by atoms with Gasteiger partial charge in [0.05, 0.1) is 12.9 Å². The molecule has 0 atom stereocenters. The van der Waals surface area contributed by atoms with E-state index in [1.54, 1.807) is 6.07 Å². The highest BCUT2D eigenvalue weighted by Crippen LogP contribution is 2.23. The molecule has 0 bridgehead atoms. The summed E-state index contributed by atoms with van der Waals surface area (Å²) in [6.45, 7) is 1.99. The van der Waals surface area contributed by atoms with E-state index in [0.29, 0.717) is 18.0 Å². The van der Waals surface area contributed by atoms with Crippen molar-refractivity contribution in [1.29, 1.82) is 0 Å². The normalized spacial score (nSPS) is 11.5. The van der Waals surface area contributed by atoms with Crippen LogP contribution in [0, 0.1) is 5.82 Å². The predicted octanol–water partition coefficient (Wildman–Crippen LogP) is 2.62. The second kappa shape index (κ2) is 5.34. The van der Waals surface area contributed by atoms with Crippen molar-refractivity contribution in [1.82, 2.24) is 0 Å². The van der Waals surface area contributed by atoms with Crippen LogP contribution in [0.4, 0.5) is 10.1 Å². The van der Waals surface area contributed by atoms with E-state index in [4.69, 9.17) is 10.5 Å².